The number of carbonyl (C=O) groups excluding carboxylic acids is 1. The van der Waals surface area contributed by atoms with E-state index in [9.17, 15) is 13.6 Å². The zero-order valence-electron chi connectivity index (χ0n) is 19.3. The Morgan fingerprint density at radius 3 is 2.44 bits per heavy atom. The van der Waals surface area contributed by atoms with Gasteiger partial charge in [0.05, 0.1) is 16.7 Å². The number of nitrogens with two attached hydrogens (primary N) is 1. The van der Waals surface area contributed by atoms with Crippen LogP contribution < -0.4 is 16.4 Å². The fourth-order valence-electron chi connectivity index (χ4n) is 4.09. The molecule has 4 N–H and O–H groups in total. The Labute approximate surface area is 205 Å². The first-order valence-electron chi connectivity index (χ1n) is 11.2. The lowest BCUT2D eigenvalue weighted by Gasteiger charge is -2.15. The molecule has 0 radical (unpaired) electrons. The summed E-state index contributed by atoms with van der Waals surface area (Å²) < 4.78 is 32.0. The maximum Gasteiger partial charge on any atom is 0.411 e. The second-order valence-corrected chi connectivity index (χ2v) is 8.47. The molecule has 4 aromatic carbocycles. The van der Waals surface area contributed by atoms with Crippen molar-refractivity contribution in [2.45, 2.75) is 13.5 Å². The van der Waals surface area contributed by atoms with Gasteiger partial charge in [0.15, 0.2) is 0 Å². The van der Waals surface area contributed by atoms with E-state index in [2.05, 4.69) is 16.7 Å². The molecule has 0 bridgehead atoms. The van der Waals surface area contributed by atoms with Gasteiger partial charge in [0.2, 0.25) is 0 Å². The normalized spacial score (nSPS) is 11.0. The lowest BCUT2D eigenvalue weighted by Crippen LogP contribution is -2.14. The third-order valence-electron chi connectivity index (χ3n) is 5.60. The number of hydrogen-bond acceptors (Lipinski definition) is 5. The van der Waals surface area contributed by atoms with E-state index in [0.29, 0.717) is 23.0 Å². The number of ether oxygens (including phenoxy) is 1. The number of halogens is 2. The van der Waals surface area contributed by atoms with E-state index in [4.69, 9.17) is 15.5 Å². The summed E-state index contributed by atoms with van der Waals surface area (Å²) in [6.07, 6.45) is -0.849. The fourth-order valence-corrected chi connectivity index (χ4v) is 4.09. The molecule has 1 aromatic heterocycles. The molecule has 0 saturated heterocycles. The molecular formula is C28H22F2N4O2. The van der Waals surface area contributed by atoms with E-state index in [0.717, 1.165) is 45.2 Å². The molecule has 0 aliphatic heterocycles. The SMILES string of the molecule is Cc1ccc2nc3ccccc3c(Nc3cc(N)cc(COC(=O)Nc4cc(F)cc(F)c4)c3)c2c1. The number of nitrogens with one attached hydrogen (secondary N) is 2. The topological polar surface area (TPSA) is 89.3 Å². The molecule has 1 amide bonds. The highest BCUT2D eigenvalue weighted by Crippen LogP contribution is 2.34. The van der Waals surface area contributed by atoms with E-state index in [-0.39, 0.29) is 12.3 Å². The van der Waals surface area contributed by atoms with Gasteiger partial charge in [-0.3, -0.25) is 5.32 Å². The largest absolute Gasteiger partial charge is 0.444 e. The summed E-state index contributed by atoms with van der Waals surface area (Å²) in [5.41, 5.74) is 11.6. The minimum Gasteiger partial charge on any atom is -0.444 e. The van der Waals surface area contributed by atoms with Gasteiger partial charge in [0, 0.05) is 33.9 Å². The number of pyridine rings is 1. The third kappa shape index (κ3) is 5.02. The Kier molecular flexibility index (Phi) is 6.08. The van der Waals surface area contributed by atoms with Gasteiger partial charge in [0.25, 0.3) is 0 Å². The van der Waals surface area contributed by atoms with Crippen LogP contribution in [-0.4, -0.2) is 11.1 Å². The third-order valence-corrected chi connectivity index (χ3v) is 5.60. The molecule has 8 heteroatoms. The van der Waals surface area contributed by atoms with Crippen LogP contribution in [0, 0.1) is 18.6 Å². The maximum absolute atomic E-state index is 13.4. The number of rotatable bonds is 5. The van der Waals surface area contributed by atoms with Crippen molar-refractivity contribution in [2.75, 3.05) is 16.4 Å². The van der Waals surface area contributed by atoms with Crippen LogP contribution in [0.15, 0.2) is 78.9 Å². The molecule has 6 nitrogen and oxygen atoms in total. The van der Waals surface area contributed by atoms with Crippen LogP contribution in [0.4, 0.5) is 36.3 Å². The number of benzene rings is 4. The highest BCUT2D eigenvalue weighted by Gasteiger charge is 2.12. The van der Waals surface area contributed by atoms with Gasteiger partial charge in [0.1, 0.15) is 18.2 Å². The Balaban J connectivity index is 1.40. The molecule has 0 spiro atoms. The predicted molar refractivity (Wildman–Crippen MR) is 138 cm³/mol. The van der Waals surface area contributed by atoms with E-state index >= 15 is 0 Å². The molecular weight excluding hydrogens is 462 g/mol. The number of nitrogen functional groups attached to an aromatic ring is 1. The standard InChI is InChI=1S/C28H22F2N4O2/c1-16-6-7-26-24(8-16)27(23-4-2-3-5-25(23)34-26)32-21-10-17(9-20(31)14-21)15-36-28(35)33-22-12-18(29)11-19(30)13-22/h2-14H,15,31H2,1H3,(H,32,34)(H,33,35). The molecule has 0 aliphatic carbocycles. The second kappa shape index (κ2) is 9.50. The van der Waals surface area contributed by atoms with Crippen molar-refractivity contribution in [1.82, 2.24) is 4.98 Å². The molecule has 180 valence electrons. The summed E-state index contributed by atoms with van der Waals surface area (Å²) >= 11 is 0. The van der Waals surface area contributed by atoms with E-state index in [1.54, 1.807) is 12.1 Å². The lowest BCUT2D eigenvalue weighted by atomic mass is 10.0. The maximum atomic E-state index is 13.4. The Morgan fingerprint density at radius 2 is 1.64 bits per heavy atom. The molecule has 0 aliphatic rings. The van der Waals surface area contributed by atoms with Crippen LogP contribution >= 0.6 is 0 Å². The fraction of sp³-hybridized carbons (Fsp3) is 0.0714. The van der Waals surface area contributed by atoms with Crippen molar-refractivity contribution in [1.29, 1.82) is 0 Å². The Hall–Kier alpha value is -4.72. The molecule has 5 rings (SSSR count). The van der Waals surface area contributed by atoms with Crippen LogP contribution in [0.5, 0.6) is 0 Å². The Morgan fingerprint density at radius 1 is 0.889 bits per heavy atom. The van der Waals surface area contributed by atoms with Crippen LogP contribution in [0.2, 0.25) is 0 Å². The van der Waals surface area contributed by atoms with Crippen molar-refractivity contribution < 1.29 is 18.3 Å². The molecule has 1 heterocycles. The van der Waals surface area contributed by atoms with E-state index < -0.39 is 17.7 Å². The molecule has 0 atom stereocenters. The highest BCUT2D eigenvalue weighted by atomic mass is 19.1. The number of fused-ring (bicyclic) bond motifs is 2. The van der Waals surface area contributed by atoms with Crippen molar-refractivity contribution in [2.24, 2.45) is 0 Å². The van der Waals surface area contributed by atoms with Crippen LogP contribution in [-0.2, 0) is 11.3 Å². The number of aromatic nitrogens is 1. The van der Waals surface area contributed by atoms with Gasteiger partial charge in [-0.15, -0.1) is 0 Å². The minimum absolute atomic E-state index is 0.0424. The number of para-hydroxylation sites is 1. The predicted octanol–water partition coefficient (Wildman–Crippen LogP) is 7.05. The van der Waals surface area contributed by atoms with Crippen LogP contribution in [0.25, 0.3) is 21.8 Å². The van der Waals surface area contributed by atoms with Crippen molar-refractivity contribution in [3.05, 3.63) is 102 Å². The van der Waals surface area contributed by atoms with Crippen LogP contribution in [0.3, 0.4) is 0 Å². The van der Waals surface area contributed by atoms with Gasteiger partial charge in [-0.05, 0) is 61.0 Å². The summed E-state index contributed by atoms with van der Waals surface area (Å²) in [7, 11) is 0. The number of anilines is 4. The highest BCUT2D eigenvalue weighted by molar-refractivity contribution is 6.08. The van der Waals surface area contributed by atoms with E-state index in [1.165, 1.54) is 0 Å². The Bertz CT molecular complexity index is 1600. The molecule has 0 unspecified atom stereocenters. The van der Waals surface area contributed by atoms with E-state index in [1.807, 2.05) is 49.4 Å². The van der Waals surface area contributed by atoms with Gasteiger partial charge >= 0.3 is 6.09 Å². The first-order valence-corrected chi connectivity index (χ1v) is 11.2. The number of nitrogens with zero attached hydrogens (tertiary/aromatic N) is 1. The zero-order valence-corrected chi connectivity index (χ0v) is 19.3. The molecule has 0 saturated carbocycles. The summed E-state index contributed by atoms with van der Waals surface area (Å²) in [5.74, 6) is -1.61. The molecule has 36 heavy (non-hydrogen) atoms. The average Bonchev–Trinajstić information content (AvgIpc) is 2.82. The zero-order chi connectivity index (χ0) is 25.2. The van der Waals surface area contributed by atoms with Crippen LogP contribution in [0.1, 0.15) is 11.1 Å². The van der Waals surface area contributed by atoms with Crippen molar-refractivity contribution in [3.8, 4) is 0 Å². The second-order valence-electron chi connectivity index (χ2n) is 8.47. The lowest BCUT2D eigenvalue weighted by molar-refractivity contribution is 0.155. The molecule has 5 aromatic rings. The number of amides is 1. The average molecular weight is 485 g/mol. The minimum atomic E-state index is -0.849. The summed E-state index contributed by atoms with van der Waals surface area (Å²) in [6, 6.07) is 22.0. The summed E-state index contributed by atoms with van der Waals surface area (Å²) in [5, 5.41) is 7.72. The van der Waals surface area contributed by atoms with Crippen molar-refractivity contribution >= 4 is 50.6 Å². The van der Waals surface area contributed by atoms with Gasteiger partial charge in [-0.1, -0.05) is 29.8 Å². The summed E-state index contributed by atoms with van der Waals surface area (Å²) in [4.78, 5) is 16.9. The quantitative estimate of drug-likeness (QED) is 0.184. The monoisotopic (exact) mass is 484 g/mol. The van der Waals surface area contributed by atoms with Gasteiger partial charge in [-0.2, -0.15) is 0 Å². The first-order chi connectivity index (χ1) is 17.3. The smallest absolute Gasteiger partial charge is 0.411 e. The summed E-state index contributed by atoms with van der Waals surface area (Å²) in [6.45, 7) is 1.93. The first kappa shape index (κ1) is 23.0. The molecule has 0 fully saturated rings. The van der Waals surface area contributed by atoms with Gasteiger partial charge < -0.3 is 15.8 Å². The van der Waals surface area contributed by atoms with Gasteiger partial charge in [-0.25, -0.2) is 18.6 Å². The number of carbonyl (C=O) groups is 1. The number of hydrogen-bond donors (Lipinski definition) is 3. The number of aryl methyl sites for hydroxylation is 1. The van der Waals surface area contributed by atoms with Crippen molar-refractivity contribution in [3.63, 3.8) is 0 Å².